The van der Waals surface area contributed by atoms with E-state index in [9.17, 15) is 0 Å². The smallest absolute Gasteiger partial charge is 0.130 e. The Labute approximate surface area is 85.2 Å². The van der Waals surface area contributed by atoms with E-state index in [0.29, 0.717) is 0 Å². The summed E-state index contributed by atoms with van der Waals surface area (Å²) in [5.74, 6) is 0.831. The van der Waals surface area contributed by atoms with Crippen LogP contribution in [0.2, 0.25) is 4.34 Å². The summed E-state index contributed by atoms with van der Waals surface area (Å²) in [5.41, 5.74) is 0.980. The van der Waals surface area contributed by atoms with Crippen molar-refractivity contribution >= 4 is 34.4 Å². The van der Waals surface area contributed by atoms with Crippen molar-refractivity contribution in [1.82, 2.24) is 4.98 Å². The first kappa shape index (κ1) is 8.53. The molecule has 2 aromatic heterocycles. The Bertz CT molecular complexity index is 386. The standard InChI is InChI=1S/C9H7ClN2S/c10-8-5-7(6-13-8)12-9-3-1-2-4-11-9/h1-6H,(H,11,12). The van der Waals surface area contributed by atoms with Crippen LogP contribution in [0.5, 0.6) is 0 Å². The molecular formula is C9H7ClN2S. The molecule has 0 aromatic carbocycles. The molecule has 0 bridgehead atoms. The highest BCUT2D eigenvalue weighted by Crippen LogP contribution is 2.25. The lowest BCUT2D eigenvalue weighted by atomic mass is 10.4. The zero-order valence-electron chi connectivity index (χ0n) is 6.70. The van der Waals surface area contributed by atoms with Crippen LogP contribution in [0.1, 0.15) is 0 Å². The molecular weight excluding hydrogens is 204 g/mol. The summed E-state index contributed by atoms with van der Waals surface area (Å²) in [6, 6.07) is 7.60. The van der Waals surface area contributed by atoms with Gasteiger partial charge in [-0.3, -0.25) is 0 Å². The van der Waals surface area contributed by atoms with Crippen molar-refractivity contribution in [3.05, 3.63) is 40.2 Å². The van der Waals surface area contributed by atoms with Gasteiger partial charge in [-0.15, -0.1) is 11.3 Å². The van der Waals surface area contributed by atoms with E-state index in [-0.39, 0.29) is 0 Å². The first-order valence-electron chi connectivity index (χ1n) is 3.77. The minimum absolute atomic E-state index is 0.776. The molecule has 0 atom stereocenters. The second-order valence-corrected chi connectivity index (χ2v) is 4.02. The van der Waals surface area contributed by atoms with Crippen LogP contribution in [-0.2, 0) is 0 Å². The topological polar surface area (TPSA) is 24.9 Å². The van der Waals surface area contributed by atoms with Crippen LogP contribution in [-0.4, -0.2) is 4.98 Å². The molecule has 2 rings (SSSR count). The van der Waals surface area contributed by atoms with Gasteiger partial charge in [-0.2, -0.15) is 0 Å². The van der Waals surface area contributed by atoms with Crippen LogP contribution < -0.4 is 5.32 Å². The van der Waals surface area contributed by atoms with E-state index < -0.39 is 0 Å². The van der Waals surface area contributed by atoms with Crippen molar-refractivity contribution in [3.8, 4) is 0 Å². The van der Waals surface area contributed by atoms with E-state index in [4.69, 9.17) is 11.6 Å². The van der Waals surface area contributed by atoms with Gasteiger partial charge in [0, 0.05) is 11.6 Å². The third kappa shape index (κ3) is 2.20. The van der Waals surface area contributed by atoms with Gasteiger partial charge in [0.2, 0.25) is 0 Å². The molecule has 2 heterocycles. The normalized spacial score (nSPS) is 9.92. The fourth-order valence-electron chi connectivity index (χ4n) is 0.960. The van der Waals surface area contributed by atoms with Gasteiger partial charge in [0.15, 0.2) is 0 Å². The van der Waals surface area contributed by atoms with Gasteiger partial charge in [-0.1, -0.05) is 17.7 Å². The van der Waals surface area contributed by atoms with Gasteiger partial charge in [0.25, 0.3) is 0 Å². The zero-order chi connectivity index (χ0) is 9.10. The molecule has 0 aliphatic rings. The highest BCUT2D eigenvalue weighted by molar-refractivity contribution is 7.14. The largest absolute Gasteiger partial charge is 0.340 e. The number of halogens is 1. The average Bonchev–Trinajstić information content (AvgIpc) is 2.53. The van der Waals surface area contributed by atoms with E-state index >= 15 is 0 Å². The Morgan fingerprint density at radius 2 is 2.31 bits per heavy atom. The van der Waals surface area contributed by atoms with E-state index in [0.717, 1.165) is 15.8 Å². The summed E-state index contributed by atoms with van der Waals surface area (Å²) in [6.07, 6.45) is 1.75. The molecule has 0 spiro atoms. The number of thiophene rings is 1. The van der Waals surface area contributed by atoms with Gasteiger partial charge < -0.3 is 5.32 Å². The predicted molar refractivity (Wildman–Crippen MR) is 56.8 cm³/mol. The summed E-state index contributed by atoms with van der Waals surface area (Å²) in [4.78, 5) is 4.13. The molecule has 2 nitrogen and oxygen atoms in total. The maximum absolute atomic E-state index is 5.78. The second-order valence-electron chi connectivity index (χ2n) is 2.48. The van der Waals surface area contributed by atoms with Gasteiger partial charge in [-0.25, -0.2) is 4.98 Å². The molecule has 1 N–H and O–H groups in total. The lowest BCUT2D eigenvalue weighted by molar-refractivity contribution is 1.31. The summed E-state index contributed by atoms with van der Waals surface area (Å²) >= 11 is 7.28. The van der Waals surface area contributed by atoms with Crippen LogP contribution in [0.25, 0.3) is 0 Å². The Morgan fingerprint density at radius 3 is 2.92 bits per heavy atom. The molecule has 4 heteroatoms. The molecule has 0 saturated carbocycles. The van der Waals surface area contributed by atoms with Gasteiger partial charge in [0.05, 0.1) is 10.0 Å². The fourth-order valence-corrected chi connectivity index (χ4v) is 1.77. The highest BCUT2D eigenvalue weighted by Gasteiger charge is 1.97. The first-order valence-corrected chi connectivity index (χ1v) is 5.02. The van der Waals surface area contributed by atoms with Gasteiger partial charge in [-0.05, 0) is 18.2 Å². The van der Waals surface area contributed by atoms with Crippen LogP contribution in [0.15, 0.2) is 35.8 Å². The van der Waals surface area contributed by atoms with Crippen molar-refractivity contribution in [2.24, 2.45) is 0 Å². The van der Waals surface area contributed by atoms with Crippen LogP contribution in [0.3, 0.4) is 0 Å². The third-order valence-electron chi connectivity index (χ3n) is 1.50. The summed E-state index contributed by atoms with van der Waals surface area (Å²) < 4.78 is 0.776. The number of pyridine rings is 1. The lowest BCUT2D eigenvalue weighted by Gasteiger charge is -2.00. The average molecular weight is 211 g/mol. The molecule has 0 aliphatic carbocycles. The SMILES string of the molecule is Clc1cc(Nc2ccccn2)cs1. The number of nitrogens with zero attached hydrogens (tertiary/aromatic N) is 1. The lowest BCUT2D eigenvalue weighted by Crippen LogP contribution is -1.89. The molecule has 0 saturated heterocycles. The van der Waals surface area contributed by atoms with E-state index in [2.05, 4.69) is 10.3 Å². The quantitative estimate of drug-likeness (QED) is 0.820. The van der Waals surface area contributed by atoms with Crippen molar-refractivity contribution in [2.75, 3.05) is 5.32 Å². The molecule has 66 valence electrons. The molecule has 13 heavy (non-hydrogen) atoms. The van der Waals surface area contributed by atoms with Gasteiger partial charge in [0.1, 0.15) is 5.82 Å². The first-order chi connectivity index (χ1) is 6.34. The van der Waals surface area contributed by atoms with Crippen LogP contribution in [0.4, 0.5) is 11.5 Å². The van der Waals surface area contributed by atoms with Crippen molar-refractivity contribution in [1.29, 1.82) is 0 Å². The number of rotatable bonds is 2. The van der Waals surface area contributed by atoms with Crippen LogP contribution >= 0.6 is 22.9 Å². The zero-order valence-corrected chi connectivity index (χ0v) is 8.27. The molecule has 0 amide bonds. The number of aromatic nitrogens is 1. The van der Waals surface area contributed by atoms with Crippen molar-refractivity contribution < 1.29 is 0 Å². The number of anilines is 2. The van der Waals surface area contributed by atoms with E-state index in [1.807, 2.05) is 29.6 Å². The minimum Gasteiger partial charge on any atom is -0.340 e. The Balaban J connectivity index is 2.15. The fraction of sp³-hybridized carbons (Fsp3) is 0. The van der Waals surface area contributed by atoms with E-state index in [1.165, 1.54) is 11.3 Å². The number of nitrogens with one attached hydrogen (secondary N) is 1. The van der Waals surface area contributed by atoms with Crippen LogP contribution in [0, 0.1) is 0 Å². The Kier molecular flexibility index (Phi) is 2.47. The monoisotopic (exact) mass is 210 g/mol. The Morgan fingerprint density at radius 1 is 1.38 bits per heavy atom. The summed E-state index contributed by atoms with van der Waals surface area (Å²) in [7, 11) is 0. The molecule has 2 aromatic rings. The maximum atomic E-state index is 5.78. The number of hydrogen-bond acceptors (Lipinski definition) is 3. The van der Waals surface area contributed by atoms with Crippen molar-refractivity contribution in [2.45, 2.75) is 0 Å². The molecule has 0 unspecified atom stereocenters. The van der Waals surface area contributed by atoms with E-state index in [1.54, 1.807) is 6.20 Å². The van der Waals surface area contributed by atoms with Gasteiger partial charge >= 0.3 is 0 Å². The minimum atomic E-state index is 0.776. The molecule has 0 fully saturated rings. The number of hydrogen-bond donors (Lipinski definition) is 1. The molecule has 0 radical (unpaired) electrons. The summed E-state index contributed by atoms with van der Waals surface area (Å²) in [6.45, 7) is 0. The summed E-state index contributed by atoms with van der Waals surface area (Å²) in [5, 5.41) is 5.09. The predicted octanol–water partition coefficient (Wildman–Crippen LogP) is 3.54. The highest BCUT2D eigenvalue weighted by atomic mass is 35.5. The van der Waals surface area contributed by atoms with Crippen molar-refractivity contribution in [3.63, 3.8) is 0 Å². The third-order valence-corrected chi connectivity index (χ3v) is 2.60. The maximum Gasteiger partial charge on any atom is 0.130 e. The Hall–Kier alpha value is -1.06. The second kappa shape index (κ2) is 3.77. The molecule has 0 aliphatic heterocycles.